The van der Waals surface area contributed by atoms with Crippen molar-refractivity contribution in [2.75, 3.05) is 0 Å². The zero-order chi connectivity index (χ0) is 10.3. The van der Waals surface area contributed by atoms with Crippen LogP contribution in [0.3, 0.4) is 0 Å². The average molecular weight is 220 g/mol. The Bertz CT molecular complexity index is 383. The van der Waals surface area contributed by atoms with E-state index in [9.17, 15) is 0 Å². The minimum atomic E-state index is 0.706. The van der Waals surface area contributed by atoms with Crippen LogP contribution in [0.1, 0.15) is 22.7 Å². The zero-order valence-electron chi connectivity index (χ0n) is 8.94. The molecule has 0 amide bonds. The Balaban J connectivity index is 1.53. The Morgan fingerprint density at radius 3 is 3.27 bits per heavy atom. The highest BCUT2D eigenvalue weighted by molar-refractivity contribution is 7.11. The Morgan fingerprint density at radius 2 is 2.53 bits per heavy atom. The second kappa shape index (κ2) is 3.72. The summed E-state index contributed by atoms with van der Waals surface area (Å²) >= 11 is 1.80. The molecule has 3 heteroatoms. The van der Waals surface area contributed by atoms with Crippen LogP contribution < -0.4 is 5.32 Å². The molecule has 0 radical (unpaired) electrons. The highest BCUT2D eigenvalue weighted by atomic mass is 32.1. The van der Waals surface area contributed by atoms with Crippen molar-refractivity contribution in [1.82, 2.24) is 10.3 Å². The molecular weight excluding hydrogens is 204 g/mol. The number of fused-ring (bicyclic) bond motifs is 1. The van der Waals surface area contributed by atoms with E-state index in [1.807, 2.05) is 6.20 Å². The first-order valence-corrected chi connectivity index (χ1v) is 6.46. The summed E-state index contributed by atoms with van der Waals surface area (Å²) in [6.07, 6.45) is 9.34. The Hall–Kier alpha value is -0.670. The zero-order valence-corrected chi connectivity index (χ0v) is 9.76. The van der Waals surface area contributed by atoms with E-state index >= 15 is 0 Å². The van der Waals surface area contributed by atoms with Crippen LogP contribution in [0.15, 0.2) is 18.3 Å². The third-order valence-corrected chi connectivity index (χ3v) is 4.46. The van der Waals surface area contributed by atoms with E-state index in [1.165, 1.54) is 22.7 Å². The van der Waals surface area contributed by atoms with Gasteiger partial charge in [-0.05, 0) is 31.6 Å². The van der Waals surface area contributed by atoms with Gasteiger partial charge in [0.2, 0.25) is 0 Å². The van der Waals surface area contributed by atoms with Gasteiger partial charge in [0, 0.05) is 23.7 Å². The maximum Gasteiger partial charge on any atom is 0.107 e. The lowest BCUT2D eigenvalue weighted by Gasteiger charge is -2.40. The van der Waals surface area contributed by atoms with Crippen molar-refractivity contribution in [3.8, 4) is 0 Å². The number of aromatic nitrogens is 1. The van der Waals surface area contributed by atoms with Gasteiger partial charge in [0.15, 0.2) is 0 Å². The lowest BCUT2D eigenvalue weighted by molar-refractivity contribution is 0.162. The molecule has 2 aliphatic rings. The van der Waals surface area contributed by atoms with Crippen LogP contribution in [0.2, 0.25) is 0 Å². The van der Waals surface area contributed by atoms with Gasteiger partial charge < -0.3 is 5.32 Å². The number of rotatable bonds is 3. The molecule has 0 bridgehead atoms. The van der Waals surface area contributed by atoms with Crippen LogP contribution in [0.4, 0.5) is 0 Å². The molecular formula is C12H16N2S. The number of nitrogens with one attached hydrogen (secondary N) is 1. The molecule has 3 atom stereocenters. The SMILES string of the molecule is Cc1cnc(CNC2CC3CC=CC32)s1. The molecule has 2 aliphatic carbocycles. The van der Waals surface area contributed by atoms with Crippen LogP contribution >= 0.6 is 11.3 Å². The molecule has 3 unspecified atom stereocenters. The van der Waals surface area contributed by atoms with E-state index in [-0.39, 0.29) is 0 Å². The Morgan fingerprint density at radius 1 is 1.60 bits per heavy atom. The molecule has 1 aromatic rings. The molecule has 1 aromatic heterocycles. The number of thiazole rings is 1. The predicted molar refractivity (Wildman–Crippen MR) is 62.8 cm³/mol. The lowest BCUT2D eigenvalue weighted by atomic mass is 9.71. The van der Waals surface area contributed by atoms with E-state index < -0.39 is 0 Å². The number of hydrogen-bond donors (Lipinski definition) is 1. The van der Waals surface area contributed by atoms with Crippen molar-refractivity contribution in [1.29, 1.82) is 0 Å². The van der Waals surface area contributed by atoms with Gasteiger partial charge in [-0.15, -0.1) is 11.3 Å². The van der Waals surface area contributed by atoms with Crippen molar-refractivity contribution >= 4 is 11.3 Å². The summed E-state index contributed by atoms with van der Waals surface area (Å²) in [6, 6.07) is 0.706. The van der Waals surface area contributed by atoms with Crippen molar-refractivity contribution in [3.63, 3.8) is 0 Å². The molecule has 2 nitrogen and oxygen atoms in total. The minimum Gasteiger partial charge on any atom is -0.307 e. The van der Waals surface area contributed by atoms with Gasteiger partial charge in [0.05, 0.1) is 0 Å². The number of aryl methyl sites for hydroxylation is 1. The molecule has 1 saturated carbocycles. The molecule has 1 fully saturated rings. The first-order valence-electron chi connectivity index (χ1n) is 5.64. The van der Waals surface area contributed by atoms with Gasteiger partial charge in [-0.1, -0.05) is 12.2 Å². The Kier molecular flexibility index (Phi) is 2.37. The average Bonchev–Trinajstić information content (AvgIpc) is 2.75. The fourth-order valence-electron chi connectivity index (χ4n) is 2.65. The minimum absolute atomic E-state index is 0.706. The second-order valence-electron chi connectivity index (χ2n) is 4.59. The largest absolute Gasteiger partial charge is 0.307 e. The summed E-state index contributed by atoms with van der Waals surface area (Å²) in [4.78, 5) is 5.67. The first kappa shape index (κ1) is 9.55. The van der Waals surface area contributed by atoms with Gasteiger partial charge in [0.25, 0.3) is 0 Å². The Labute approximate surface area is 94.4 Å². The number of allylic oxidation sites excluding steroid dienone is 1. The number of hydrogen-bond acceptors (Lipinski definition) is 3. The molecule has 3 rings (SSSR count). The van der Waals surface area contributed by atoms with Crippen LogP contribution in [0.5, 0.6) is 0 Å². The standard InChI is InChI=1S/C12H16N2S/c1-8-6-14-12(15-8)7-13-11-5-9-3-2-4-10(9)11/h2,4,6,9-11,13H,3,5,7H2,1H3. The van der Waals surface area contributed by atoms with Crippen molar-refractivity contribution < 1.29 is 0 Å². The van der Waals surface area contributed by atoms with Gasteiger partial charge in [-0.3, -0.25) is 0 Å². The highest BCUT2D eigenvalue weighted by Crippen LogP contribution is 2.42. The second-order valence-corrected chi connectivity index (χ2v) is 5.91. The van der Waals surface area contributed by atoms with Gasteiger partial charge in [0.1, 0.15) is 5.01 Å². The van der Waals surface area contributed by atoms with Gasteiger partial charge in [-0.2, -0.15) is 0 Å². The molecule has 0 saturated heterocycles. The summed E-state index contributed by atoms with van der Waals surface area (Å²) < 4.78 is 0. The quantitative estimate of drug-likeness (QED) is 0.792. The molecule has 80 valence electrons. The fourth-order valence-corrected chi connectivity index (χ4v) is 3.39. The summed E-state index contributed by atoms with van der Waals surface area (Å²) in [5.74, 6) is 1.76. The maximum atomic E-state index is 4.37. The van der Waals surface area contributed by atoms with E-state index in [2.05, 4.69) is 29.4 Å². The smallest absolute Gasteiger partial charge is 0.107 e. The van der Waals surface area contributed by atoms with Gasteiger partial charge >= 0.3 is 0 Å². The van der Waals surface area contributed by atoms with Crippen LogP contribution in [-0.4, -0.2) is 11.0 Å². The normalized spacial score (nSPS) is 32.7. The van der Waals surface area contributed by atoms with Crippen molar-refractivity contribution in [2.24, 2.45) is 11.8 Å². The number of nitrogens with zero attached hydrogens (tertiary/aromatic N) is 1. The molecule has 15 heavy (non-hydrogen) atoms. The highest BCUT2D eigenvalue weighted by Gasteiger charge is 2.40. The van der Waals surface area contributed by atoms with Crippen molar-refractivity contribution in [2.45, 2.75) is 32.4 Å². The topological polar surface area (TPSA) is 24.9 Å². The van der Waals surface area contributed by atoms with E-state index in [4.69, 9.17) is 0 Å². The third kappa shape index (κ3) is 1.74. The lowest BCUT2D eigenvalue weighted by Crippen LogP contribution is -2.47. The van der Waals surface area contributed by atoms with E-state index in [1.54, 1.807) is 11.3 Å². The van der Waals surface area contributed by atoms with Crippen molar-refractivity contribution in [3.05, 3.63) is 28.2 Å². The molecule has 0 aromatic carbocycles. The monoisotopic (exact) mass is 220 g/mol. The first-order chi connectivity index (χ1) is 7.33. The van der Waals surface area contributed by atoms with Gasteiger partial charge in [-0.25, -0.2) is 4.98 Å². The summed E-state index contributed by atoms with van der Waals surface area (Å²) in [6.45, 7) is 3.06. The summed E-state index contributed by atoms with van der Waals surface area (Å²) in [5, 5.41) is 4.84. The summed E-state index contributed by atoms with van der Waals surface area (Å²) in [7, 11) is 0. The van der Waals surface area contributed by atoms with E-state index in [0.717, 1.165) is 18.4 Å². The molecule has 1 heterocycles. The van der Waals surface area contributed by atoms with Crippen LogP contribution in [-0.2, 0) is 6.54 Å². The fraction of sp³-hybridized carbons (Fsp3) is 0.583. The molecule has 0 aliphatic heterocycles. The third-order valence-electron chi connectivity index (χ3n) is 3.55. The molecule has 1 N–H and O–H groups in total. The van der Waals surface area contributed by atoms with E-state index in [0.29, 0.717) is 6.04 Å². The summed E-state index contributed by atoms with van der Waals surface area (Å²) in [5.41, 5.74) is 0. The van der Waals surface area contributed by atoms with Crippen LogP contribution in [0, 0.1) is 18.8 Å². The molecule has 0 spiro atoms. The van der Waals surface area contributed by atoms with Crippen LogP contribution in [0.25, 0.3) is 0 Å². The predicted octanol–water partition coefficient (Wildman–Crippen LogP) is 2.51. The maximum absolute atomic E-state index is 4.37.